The number of aliphatic imine (C=N–C) groups is 1. The van der Waals surface area contributed by atoms with Crippen LogP contribution in [0.4, 0.5) is 11.4 Å². The molecule has 1 saturated heterocycles. The van der Waals surface area contributed by atoms with Crippen LogP contribution in [-0.4, -0.2) is 112 Å². The summed E-state index contributed by atoms with van der Waals surface area (Å²) in [6.07, 6.45) is 6.83. The highest BCUT2D eigenvalue weighted by Gasteiger charge is 2.50. The number of fused-ring (bicyclic) bond motifs is 8. The Morgan fingerprint density at radius 2 is 1.74 bits per heavy atom. The number of nitrogens with zero attached hydrogens (tertiary/aromatic N) is 2. The van der Waals surface area contributed by atoms with Crippen LogP contribution in [0.3, 0.4) is 0 Å². The van der Waals surface area contributed by atoms with Crippen molar-refractivity contribution >= 4 is 46.4 Å². The molecule has 2 aromatic carbocycles. The molecule has 74 heavy (non-hydrogen) atoms. The van der Waals surface area contributed by atoms with E-state index in [1.54, 1.807) is 51.2 Å². The maximum atomic E-state index is 15.5. The zero-order valence-corrected chi connectivity index (χ0v) is 44.3. The summed E-state index contributed by atoms with van der Waals surface area (Å²) in [7, 11) is 7.45. The van der Waals surface area contributed by atoms with Gasteiger partial charge >= 0.3 is 11.8 Å². The number of benzene rings is 2. The Hall–Kier alpha value is -7.08. The molecule has 4 aliphatic heterocycles. The first-order valence-corrected chi connectivity index (χ1v) is 25.0. The summed E-state index contributed by atoms with van der Waals surface area (Å²) in [5.74, 6) is -3.88. The van der Waals surface area contributed by atoms with Crippen LogP contribution in [0.25, 0.3) is 0 Å². The third kappa shape index (κ3) is 12.6. The van der Waals surface area contributed by atoms with Gasteiger partial charge in [-0.2, -0.15) is 0 Å². The topological polar surface area (TPSA) is 198 Å². The number of carbonyl (C=O) groups is 5. The van der Waals surface area contributed by atoms with Gasteiger partial charge in [0.25, 0.3) is 5.91 Å². The lowest BCUT2D eigenvalue weighted by molar-refractivity contribution is -0.903. The Morgan fingerprint density at radius 1 is 1.00 bits per heavy atom. The maximum absolute atomic E-state index is 15.5. The Morgan fingerprint density at radius 3 is 2.45 bits per heavy atom. The number of carbonyl (C=O) groups excluding carboxylic acids is 5. The molecule has 1 fully saturated rings. The van der Waals surface area contributed by atoms with Crippen LogP contribution in [0.2, 0.25) is 0 Å². The minimum atomic E-state index is -1.84. The quantitative estimate of drug-likeness (QED) is 0.112. The van der Waals surface area contributed by atoms with Gasteiger partial charge in [0.1, 0.15) is 60.6 Å². The van der Waals surface area contributed by atoms with Crippen molar-refractivity contribution in [2.75, 3.05) is 53.3 Å². The molecule has 1 aliphatic carbocycles. The first-order chi connectivity index (χ1) is 35.1. The number of hydrogen-bond acceptors (Lipinski definition) is 14. The monoisotopic (exact) mass is 1020 g/mol. The van der Waals surface area contributed by atoms with Crippen LogP contribution >= 0.6 is 0 Å². The highest BCUT2D eigenvalue weighted by molar-refractivity contribution is 6.24. The van der Waals surface area contributed by atoms with E-state index in [0.717, 1.165) is 11.3 Å². The number of anilines is 1. The first-order valence-electron chi connectivity index (χ1n) is 25.0. The summed E-state index contributed by atoms with van der Waals surface area (Å²) < 4.78 is 45.1. The molecule has 17 nitrogen and oxygen atoms in total. The van der Waals surface area contributed by atoms with E-state index in [-0.39, 0.29) is 70.4 Å². The van der Waals surface area contributed by atoms with E-state index in [2.05, 4.69) is 50.5 Å². The van der Waals surface area contributed by atoms with E-state index in [1.807, 2.05) is 43.3 Å². The van der Waals surface area contributed by atoms with Crippen LogP contribution in [0, 0.1) is 17.8 Å². The van der Waals surface area contributed by atoms with E-state index in [4.69, 9.17) is 38.2 Å². The average molecular weight is 1020 g/mol. The highest BCUT2D eigenvalue weighted by atomic mass is 16.7. The second-order valence-electron chi connectivity index (χ2n) is 20.5. The molecule has 6 bridgehead atoms. The molecule has 0 radical (unpaired) electrons. The van der Waals surface area contributed by atoms with Gasteiger partial charge in [0.15, 0.2) is 11.5 Å². The number of Topliss-reactive ketones (excluding diaryl/α,β-unsaturated/α-hetero) is 2. The predicted octanol–water partition coefficient (Wildman–Crippen LogP) is 7.75. The van der Waals surface area contributed by atoms with Gasteiger partial charge in [-0.25, -0.2) is 4.99 Å². The van der Waals surface area contributed by atoms with Gasteiger partial charge in [0, 0.05) is 61.8 Å². The largest absolute Gasteiger partial charge is 0.488 e. The fourth-order valence-electron chi connectivity index (χ4n) is 9.73. The standard InChI is InChI=1S/C57H69N5O12/c1-32-14-13-15-34(3)56(67)61-49-50(65)42(52-36(5)51-37(6)55(66)57(8,74-51)70-24-22-45(68-12)35(4)53(71-38(7)63)47(73-52)27-33(2)26-32)29-44-54(49)72-46-28-41(20-21-43(46)60-44)69-25-23-62(10,11)31-39-16-18-40(19-17-39)59-48(64)30-58-9/h13-22,24,28,32-33,35,45,47,53,58H,6,23,25-27,29-31H2,1-5,7-12H3,(H-,59,60,61,64,67)/p+1/b14-13+,24-22+,34-15-,51-36?,52-42-/t32?,33-,35-,45+,47?,53?,57+/m1/s1. The highest BCUT2D eigenvalue weighted by Crippen LogP contribution is 2.44. The number of hydrogen-bond donors (Lipinski definition) is 3. The van der Waals surface area contributed by atoms with Crippen LogP contribution < -0.4 is 25.4 Å². The van der Waals surface area contributed by atoms with Crippen LogP contribution in [0.5, 0.6) is 11.5 Å². The molecule has 0 aromatic heterocycles. The van der Waals surface area contributed by atoms with Crippen LogP contribution in [-0.2, 0) is 54.2 Å². The number of amides is 2. The Bertz CT molecular complexity index is 2800. The van der Waals surface area contributed by atoms with E-state index >= 15 is 4.79 Å². The second kappa shape index (κ2) is 23.0. The molecule has 3 N–H and O–H groups in total. The lowest BCUT2D eigenvalue weighted by Crippen LogP contribution is -2.44. The maximum Gasteiger partial charge on any atom is 0.312 e. The molecule has 7 rings (SSSR count). The lowest BCUT2D eigenvalue weighted by Gasteiger charge is -2.37. The molecule has 2 amide bonds. The number of methoxy groups -OCH3 is 1. The van der Waals surface area contributed by atoms with E-state index in [9.17, 15) is 19.2 Å². The minimum absolute atomic E-state index is 0.0157. The molecule has 394 valence electrons. The van der Waals surface area contributed by atoms with E-state index in [1.165, 1.54) is 27.2 Å². The van der Waals surface area contributed by atoms with Gasteiger partial charge in [-0.05, 0) is 75.9 Å². The second-order valence-corrected chi connectivity index (χ2v) is 20.5. The normalized spacial score (nSPS) is 28.1. The van der Waals surface area contributed by atoms with E-state index < -0.39 is 53.5 Å². The Balaban J connectivity index is 1.29. The average Bonchev–Trinajstić information content (AvgIpc) is 3.57. The molecule has 7 atom stereocenters. The summed E-state index contributed by atoms with van der Waals surface area (Å²) >= 11 is 0. The zero-order chi connectivity index (χ0) is 53.6. The van der Waals surface area contributed by atoms with Crippen molar-refractivity contribution in [3.8, 4) is 11.5 Å². The SMILES string of the molecule is C=C1C(=O)[C@@]2(C)O/C=C/[C@H](OC)[C@@H](C)C(OC(C)=O)C3C[C@H](C)CC(C)/C=C/C=C(/C)C(=O)NC4=C5Oc6cc(OCC[N+](C)(C)Cc7ccc(NC(=O)CNC)cc7)ccc6N=C5C/C(=C(/O3)C(C)=C1O2)C4=O. The number of ketones is 2. The third-order valence-electron chi connectivity index (χ3n) is 13.7. The van der Waals surface area contributed by atoms with Crippen molar-refractivity contribution in [2.45, 2.75) is 98.4 Å². The smallest absolute Gasteiger partial charge is 0.312 e. The molecule has 5 aliphatic rings. The van der Waals surface area contributed by atoms with Crippen LogP contribution in [0.15, 0.2) is 130 Å². The number of allylic oxidation sites excluding steroid dienone is 7. The molecule has 17 heteroatoms. The fourth-order valence-corrected chi connectivity index (χ4v) is 9.73. The van der Waals surface area contributed by atoms with E-state index in [0.29, 0.717) is 65.5 Å². The van der Waals surface area contributed by atoms with Crippen molar-refractivity contribution in [3.05, 3.63) is 130 Å². The fraction of sp³-hybridized carbons (Fsp3) is 0.439. The van der Waals surface area contributed by atoms with Gasteiger partial charge < -0.3 is 53.6 Å². The lowest BCUT2D eigenvalue weighted by atomic mass is 9.85. The van der Waals surface area contributed by atoms with Gasteiger partial charge in [0.05, 0.1) is 49.9 Å². The Labute approximate surface area is 433 Å². The van der Waals surface area contributed by atoms with Gasteiger partial charge in [0.2, 0.25) is 17.5 Å². The summed E-state index contributed by atoms with van der Waals surface area (Å²) in [6, 6.07) is 13.0. The number of ether oxygens (including phenoxy) is 7. The van der Waals surface area contributed by atoms with Gasteiger partial charge in [-0.15, -0.1) is 0 Å². The molecule has 3 unspecified atom stereocenters. The van der Waals surface area contributed by atoms with Crippen molar-refractivity contribution in [1.29, 1.82) is 0 Å². The van der Waals surface area contributed by atoms with Crippen LogP contribution in [0.1, 0.15) is 73.3 Å². The van der Waals surface area contributed by atoms with Crippen molar-refractivity contribution < 1.29 is 61.6 Å². The van der Waals surface area contributed by atoms with Crippen molar-refractivity contribution in [1.82, 2.24) is 10.6 Å². The predicted molar refractivity (Wildman–Crippen MR) is 279 cm³/mol. The minimum Gasteiger partial charge on any atom is -0.488 e. The number of quaternary nitrogens is 1. The molecule has 0 spiro atoms. The molecular formula is C57H70N5O12+. The van der Waals surface area contributed by atoms with Crippen molar-refractivity contribution in [2.24, 2.45) is 22.7 Å². The number of rotatable bonds is 11. The molecule has 0 saturated carbocycles. The Kier molecular flexibility index (Phi) is 17.0. The number of nitrogens with one attached hydrogen (secondary N) is 3. The summed E-state index contributed by atoms with van der Waals surface area (Å²) in [4.78, 5) is 73.6. The summed E-state index contributed by atoms with van der Waals surface area (Å²) in [5, 5.41) is 8.58. The number of esters is 1. The molecular weight excluding hydrogens is 947 g/mol. The van der Waals surface area contributed by atoms with Gasteiger partial charge in [-0.3, -0.25) is 24.0 Å². The van der Waals surface area contributed by atoms with Crippen molar-refractivity contribution in [3.63, 3.8) is 0 Å². The summed E-state index contributed by atoms with van der Waals surface area (Å²) in [6.45, 7) is 18.2. The summed E-state index contributed by atoms with van der Waals surface area (Å²) in [5.41, 5.74) is 3.01. The molecule has 2 aromatic rings. The zero-order valence-electron chi connectivity index (χ0n) is 44.3. The number of likely N-dealkylation sites (N-methyl/N-ethyl adjacent to an activating group) is 2. The van der Waals surface area contributed by atoms with Gasteiger partial charge in [-0.1, -0.05) is 57.7 Å². The third-order valence-corrected chi connectivity index (χ3v) is 13.7. The first kappa shape index (κ1) is 54.7. The molecule has 4 heterocycles.